The number of benzene rings is 1. The zero-order chi connectivity index (χ0) is 10.9. The molecule has 0 amide bonds. The van der Waals surface area contributed by atoms with E-state index in [-0.39, 0.29) is 0 Å². The molecule has 0 fully saturated rings. The minimum atomic E-state index is -2.42. The van der Waals surface area contributed by atoms with Crippen LogP contribution in [0.1, 0.15) is 16.0 Å². The molecule has 0 saturated heterocycles. The molecular formula is C9H7Br3F2. The van der Waals surface area contributed by atoms with Gasteiger partial charge in [0.1, 0.15) is 4.83 Å². The second-order valence-electron chi connectivity index (χ2n) is 2.86. The highest BCUT2D eigenvalue weighted by Gasteiger charge is 2.21. The number of hydrogen-bond acceptors (Lipinski definition) is 0. The lowest BCUT2D eigenvalue weighted by atomic mass is 10.1. The number of rotatable bonds is 2. The van der Waals surface area contributed by atoms with E-state index in [4.69, 9.17) is 0 Å². The first-order chi connectivity index (χ1) is 6.43. The fourth-order valence-corrected chi connectivity index (χ4v) is 2.76. The van der Waals surface area contributed by atoms with Crippen molar-refractivity contribution in [2.75, 3.05) is 0 Å². The summed E-state index contributed by atoms with van der Waals surface area (Å²) in [5, 5.41) is 0. The molecule has 0 saturated carbocycles. The Labute approximate surface area is 106 Å². The summed E-state index contributed by atoms with van der Waals surface area (Å²) in [6, 6.07) is 3.51. The van der Waals surface area contributed by atoms with Crippen molar-refractivity contribution in [2.24, 2.45) is 0 Å². The third-order valence-corrected chi connectivity index (χ3v) is 4.23. The predicted octanol–water partition coefficient (Wildman–Crippen LogP) is 5.22. The molecule has 0 aliphatic heterocycles. The zero-order valence-electron chi connectivity index (χ0n) is 7.20. The van der Waals surface area contributed by atoms with Gasteiger partial charge in [0.05, 0.1) is 0 Å². The van der Waals surface area contributed by atoms with Crippen LogP contribution in [0.15, 0.2) is 21.1 Å². The van der Waals surface area contributed by atoms with Crippen molar-refractivity contribution in [2.45, 2.75) is 18.2 Å². The van der Waals surface area contributed by atoms with Gasteiger partial charge in [-0.25, -0.2) is 8.78 Å². The molecule has 1 aromatic carbocycles. The minimum absolute atomic E-state index is 0.553. The summed E-state index contributed by atoms with van der Waals surface area (Å²) in [6.07, 6.45) is -2.42. The average Bonchev–Trinajstić information content (AvgIpc) is 2.10. The van der Waals surface area contributed by atoms with E-state index >= 15 is 0 Å². The van der Waals surface area contributed by atoms with Gasteiger partial charge in [0.15, 0.2) is 0 Å². The smallest absolute Gasteiger partial charge is 0.209 e. The van der Waals surface area contributed by atoms with Gasteiger partial charge in [-0.15, -0.1) is 0 Å². The van der Waals surface area contributed by atoms with Crippen LogP contribution in [0.2, 0.25) is 0 Å². The van der Waals surface area contributed by atoms with Crippen LogP contribution in [0.3, 0.4) is 0 Å². The highest BCUT2D eigenvalue weighted by molar-refractivity contribution is 9.11. The van der Waals surface area contributed by atoms with Gasteiger partial charge in [0.25, 0.3) is 6.43 Å². The van der Waals surface area contributed by atoms with Gasteiger partial charge in [-0.3, -0.25) is 0 Å². The summed E-state index contributed by atoms with van der Waals surface area (Å²) in [6.45, 7) is 1.91. The first-order valence-electron chi connectivity index (χ1n) is 3.81. The average molecular weight is 393 g/mol. The van der Waals surface area contributed by atoms with E-state index in [0.29, 0.717) is 10.0 Å². The molecule has 0 aromatic heterocycles. The molecule has 1 rings (SSSR count). The Kier molecular flexibility index (Phi) is 4.53. The lowest BCUT2D eigenvalue weighted by Crippen LogP contribution is -2.02. The molecule has 1 aromatic rings. The van der Waals surface area contributed by atoms with E-state index in [1.165, 1.54) is 0 Å². The van der Waals surface area contributed by atoms with Crippen LogP contribution in [-0.4, -0.2) is 6.43 Å². The maximum absolute atomic E-state index is 12.4. The second-order valence-corrected chi connectivity index (χ2v) is 5.55. The van der Waals surface area contributed by atoms with Crippen molar-refractivity contribution in [1.29, 1.82) is 0 Å². The van der Waals surface area contributed by atoms with Gasteiger partial charge < -0.3 is 0 Å². The van der Waals surface area contributed by atoms with Crippen LogP contribution in [0, 0.1) is 6.92 Å². The lowest BCUT2D eigenvalue weighted by Gasteiger charge is -2.12. The van der Waals surface area contributed by atoms with E-state index in [9.17, 15) is 8.78 Å². The van der Waals surface area contributed by atoms with Crippen molar-refractivity contribution in [1.82, 2.24) is 0 Å². The van der Waals surface area contributed by atoms with Crippen LogP contribution in [0.5, 0.6) is 0 Å². The van der Waals surface area contributed by atoms with Crippen LogP contribution in [0.25, 0.3) is 0 Å². The third-order valence-electron chi connectivity index (χ3n) is 1.80. The maximum atomic E-state index is 12.4. The largest absolute Gasteiger partial charge is 0.255 e. The Morgan fingerprint density at radius 2 is 1.71 bits per heavy atom. The Bertz CT molecular complexity index is 339. The monoisotopic (exact) mass is 390 g/mol. The van der Waals surface area contributed by atoms with Crippen molar-refractivity contribution in [3.05, 3.63) is 32.2 Å². The molecule has 0 N–H and O–H groups in total. The Morgan fingerprint density at radius 3 is 2.21 bits per heavy atom. The Morgan fingerprint density at radius 1 is 1.14 bits per heavy atom. The van der Waals surface area contributed by atoms with E-state index in [0.717, 1.165) is 10.0 Å². The predicted molar refractivity (Wildman–Crippen MR) is 64.3 cm³/mol. The zero-order valence-corrected chi connectivity index (χ0v) is 12.0. The minimum Gasteiger partial charge on any atom is -0.209 e. The van der Waals surface area contributed by atoms with Crippen molar-refractivity contribution < 1.29 is 8.78 Å². The fraction of sp³-hybridized carbons (Fsp3) is 0.333. The molecular weight excluding hydrogens is 386 g/mol. The molecule has 14 heavy (non-hydrogen) atoms. The van der Waals surface area contributed by atoms with E-state index in [2.05, 4.69) is 47.8 Å². The van der Waals surface area contributed by atoms with Crippen LogP contribution < -0.4 is 0 Å². The SMILES string of the molecule is Cc1cc(Br)c(C(Br)C(F)F)cc1Br. The van der Waals surface area contributed by atoms with Gasteiger partial charge in [-0.05, 0) is 30.2 Å². The van der Waals surface area contributed by atoms with Gasteiger partial charge in [0.2, 0.25) is 0 Å². The maximum Gasteiger partial charge on any atom is 0.255 e. The number of hydrogen-bond donors (Lipinski definition) is 0. The van der Waals surface area contributed by atoms with Gasteiger partial charge >= 0.3 is 0 Å². The molecule has 0 aliphatic carbocycles. The summed E-state index contributed by atoms with van der Waals surface area (Å²) in [5.41, 5.74) is 1.56. The van der Waals surface area contributed by atoms with Crippen molar-refractivity contribution in [3.63, 3.8) is 0 Å². The highest BCUT2D eigenvalue weighted by atomic mass is 79.9. The summed E-state index contributed by atoms with van der Waals surface area (Å²) in [7, 11) is 0. The lowest BCUT2D eigenvalue weighted by molar-refractivity contribution is 0.147. The summed E-state index contributed by atoms with van der Waals surface area (Å²) in [4.78, 5) is -0.936. The van der Waals surface area contributed by atoms with Crippen LogP contribution in [0.4, 0.5) is 8.78 Å². The number of aryl methyl sites for hydroxylation is 1. The summed E-state index contributed by atoms with van der Waals surface area (Å²) in [5.74, 6) is 0. The fourth-order valence-electron chi connectivity index (χ4n) is 1.01. The molecule has 0 radical (unpaired) electrons. The molecule has 1 unspecified atom stereocenters. The Balaban J connectivity index is 3.15. The van der Waals surface area contributed by atoms with Crippen LogP contribution >= 0.6 is 47.8 Å². The molecule has 78 valence electrons. The quantitative estimate of drug-likeness (QED) is 0.605. The Hall–Kier alpha value is 0.520. The molecule has 0 bridgehead atoms. The molecule has 1 atom stereocenters. The summed E-state index contributed by atoms with van der Waals surface area (Å²) >= 11 is 9.54. The highest BCUT2D eigenvalue weighted by Crippen LogP contribution is 2.37. The van der Waals surface area contributed by atoms with E-state index in [1.807, 2.05) is 13.0 Å². The molecule has 0 nitrogen and oxygen atoms in total. The first kappa shape index (κ1) is 12.6. The van der Waals surface area contributed by atoms with E-state index in [1.54, 1.807) is 6.07 Å². The normalized spacial score (nSPS) is 13.4. The summed E-state index contributed by atoms with van der Waals surface area (Å²) < 4.78 is 26.4. The van der Waals surface area contributed by atoms with Gasteiger partial charge in [0, 0.05) is 8.95 Å². The molecule has 5 heteroatoms. The van der Waals surface area contributed by atoms with Gasteiger partial charge in [-0.1, -0.05) is 47.8 Å². The first-order valence-corrected chi connectivity index (χ1v) is 6.31. The number of alkyl halides is 3. The third kappa shape index (κ3) is 2.76. The van der Waals surface area contributed by atoms with Crippen LogP contribution in [-0.2, 0) is 0 Å². The second kappa shape index (κ2) is 5.03. The van der Waals surface area contributed by atoms with E-state index < -0.39 is 11.3 Å². The topological polar surface area (TPSA) is 0 Å². The molecule has 0 spiro atoms. The van der Waals surface area contributed by atoms with Crippen molar-refractivity contribution in [3.8, 4) is 0 Å². The standard InChI is InChI=1S/C9H7Br3F2/c1-4-2-7(11)5(3-6(4)10)8(12)9(13)14/h2-3,8-9H,1H3. The number of halogens is 5. The van der Waals surface area contributed by atoms with Crippen molar-refractivity contribution >= 4 is 47.8 Å². The molecule has 0 heterocycles. The molecule has 0 aliphatic rings. The van der Waals surface area contributed by atoms with Gasteiger partial charge in [-0.2, -0.15) is 0 Å².